The maximum atomic E-state index is 12.2. The highest BCUT2D eigenvalue weighted by Gasteiger charge is 2.12. The fourth-order valence-corrected chi connectivity index (χ4v) is 2.34. The van der Waals surface area contributed by atoms with E-state index in [4.69, 9.17) is 4.74 Å². The lowest BCUT2D eigenvalue weighted by Gasteiger charge is -2.16. The first-order chi connectivity index (χ1) is 12.5. The normalized spacial score (nSPS) is 10.5. The summed E-state index contributed by atoms with van der Waals surface area (Å²) in [6.07, 6.45) is 0.275. The van der Waals surface area contributed by atoms with Crippen molar-refractivity contribution in [3.05, 3.63) is 60.2 Å². The third kappa shape index (κ3) is 6.22. The van der Waals surface area contributed by atoms with Crippen LogP contribution in [0.15, 0.2) is 54.6 Å². The molecule has 0 spiro atoms. The number of nitrogens with one attached hydrogen (secondary N) is 1. The fraction of sp³-hybridized carbons (Fsp3) is 0.300. The molecule has 0 aliphatic carbocycles. The summed E-state index contributed by atoms with van der Waals surface area (Å²) in [5.41, 5.74) is 1.83. The molecule has 0 aromatic heterocycles. The Morgan fingerprint density at radius 3 is 2.23 bits per heavy atom. The van der Waals surface area contributed by atoms with Gasteiger partial charge in [0.25, 0.3) is 0 Å². The van der Waals surface area contributed by atoms with Crippen LogP contribution in [-0.4, -0.2) is 51.1 Å². The van der Waals surface area contributed by atoms with E-state index in [9.17, 15) is 9.59 Å². The van der Waals surface area contributed by atoms with E-state index in [1.165, 1.54) is 4.90 Å². The van der Waals surface area contributed by atoms with Crippen molar-refractivity contribution in [3.8, 4) is 5.75 Å². The van der Waals surface area contributed by atoms with Crippen LogP contribution in [0.25, 0.3) is 0 Å². The van der Waals surface area contributed by atoms with Crippen LogP contribution in [-0.2, 0) is 11.2 Å². The monoisotopic (exact) mass is 355 g/mol. The van der Waals surface area contributed by atoms with Crippen molar-refractivity contribution in [2.75, 3.05) is 39.1 Å². The smallest absolute Gasteiger partial charge is 0.410 e. The molecule has 0 heterocycles. The average molecular weight is 355 g/mol. The van der Waals surface area contributed by atoms with E-state index in [0.29, 0.717) is 18.8 Å². The molecule has 0 radical (unpaired) electrons. The summed E-state index contributed by atoms with van der Waals surface area (Å²) in [6.45, 7) is 0.951. The minimum Gasteiger partial charge on any atom is -0.410 e. The lowest BCUT2D eigenvalue weighted by molar-refractivity contribution is -0.121. The lowest BCUT2D eigenvalue weighted by atomic mass is 10.1. The summed E-state index contributed by atoms with van der Waals surface area (Å²) in [5.74, 6) is 0.489. The van der Waals surface area contributed by atoms with Crippen molar-refractivity contribution in [1.29, 1.82) is 0 Å². The van der Waals surface area contributed by atoms with Crippen molar-refractivity contribution < 1.29 is 14.3 Å². The van der Waals surface area contributed by atoms with Gasteiger partial charge in [-0.3, -0.25) is 9.69 Å². The van der Waals surface area contributed by atoms with E-state index in [2.05, 4.69) is 5.32 Å². The molecule has 2 aromatic rings. The number of nitrogens with zero attached hydrogens (tertiary/aromatic N) is 2. The highest BCUT2D eigenvalue weighted by atomic mass is 16.6. The zero-order valence-corrected chi connectivity index (χ0v) is 15.4. The number of hydrogen-bond donors (Lipinski definition) is 1. The second-order valence-corrected chi connectivity index (χ2v) is 6.24. The van der Waals surface area contributed by atoms with Gasteiger partial charge < -0.3 is 15.0 Å². The summed E-state index contributed by atoms with van der Waals surface area (Å²) in [4.78, 5) is 27.0. The number of para-hydroxylation sites is 1. The van der Waals surface area contributed by atoms with Gasteiger partial charge in [-0.2, -0.15) is 0 Å². The summed E-state index contributed by atoms with van der Waals surface area (Å²) in [6, 6.07) is 16.6. The summed E-state index contributed by atoms with van der Waals surface area (Å²) >= 11 is 0. The molecular formula is C20H25N3O3. The zero-order valence-electron chi connectivity index (χ0n) is 15.4. The van der Waals surface area contributed by atoms with Gasteiger partial charge in [-0.15, -0.1) is 0 Å². The van der Waals surface area contributed by atoms with Crippen molar-refractivity contribution in [1.82, 2.24) is 10.2 Å². The SMILES string of the molecule is CN(C)CC(=O)NCCc1ccc(OC(=O)N(C)c2ccccc2)cc1. The minimum atomic E-state index is -0.445. The molecule has 0 aliphatic heterocycles. The number of ether oxygens (including phenoxy) is 1. The van der Waals surface area contributed by atoms with Gasteiger partial charge >= 0.3 is 6.09 Å². The van der Waals surface area contributed by atoms with Crippen molar-refractivity contribution in [2.45, 2.75) is 6.42 Å². The largest absolute Gasteiger partial charge is 0.419 e. The van der Waals surface area contributed by atoms with Crippen molar-refractivity contribution in [3.63, 3.8) is 0 Å². The molecule has 2 rings (SSSR count). The van der Waals surface area contributed by atoms with E-state index >= 15 is 0 Å². The molecule has 0 saturated heterocycles. The quantitative estimate of drug-likeness (QED) is 0.829. The van der Waals surface area contributed by atoms with Crippen LogP contribution in [0.5, 0.6) is 5.75 Å². The van der Waals surface area contributed by atoms with Gasteiger partial charge in [0.15, 0.2) is 0 Å². The summed E-state index contributed by atoms with van der Waals surface area (Å²) < 4.78 is 5.38. The summed E-state index contributed by atoms with van der Waals surface area (Å²) in [5, 5.41) is 2.87. The van der Waals surface area contributed by atoms with Gasteiger partial charge in [0, 0.05) is 19.3 Å². The molecule has 0 fully saturated rings. The van der Waals surface area contributed by atoms with Crippen LogP contribution in [0.2, 0.25) is 0 Å². The Morgan fingerprint density at radius 1 is 0.962 bits per heavy atom. The number of carbonyl (C=O) groups excluding carboxylic acids is 2. The fourth-order valence-electron chi connectivity index (χ4n) is 2.34. The van der Waals surface area contributed by atoms with Crippen LogP contribution in [0.4, 0.5) is 10.5 Å². The first-order valence-corrected chi connectivity index (χ1v) is 8.46. The third-order valence-corrected chi connectivity index (χ3v) is 3.74. The van der Waals surface area contributed by atoms with Crippen molar-refractivity contribution in [2.24, 2.45) is 0 Å². The molecule has 0 aliphatic rings. The second-order valence-electron chi connectivity index (χ2n) is 6.24. The number of carbonyl (C=O) groups is 2. The maximum absolute atomic E-state index is 12.2. The predicted molar refractivity (Wildman–Crippen MR) is 103 cm³/mol. The van der Waals surface area contributed by atoms with E-state index < -0.39 is 6.09 Å². The molecule has 2 amide bonds. The predicted octanol–water partition coefficient (Wildman–Crippen LogP) is 2.54. The highest BCUT2D eigenvalue weighted by Crippen LogP contribution is 2.16. The number of hydrogen-bond acceptors (Lipinski definition) is 4. The summed E-state index contributed by atoms with van der Waals surface area (Å²) in [7, 11) is 5.38. The van der Waals surface area contributed by atoms with Crippen LogP contribution < -0.4 is 15.0 Å². The maximum Gasteiger partial charge on any atom is 0.419 e. The average Bonchev–Trinajstić information content (AvgIpc) is 2.62. The van der Waals surface area contributed by atoms with E-state index in [1.807, 2.05) is 61.5 Å². The number of benzene rings is 2. The number of likely N-dealkylation sites (N-methyl/N-ethyl adjacent to an activating group) is 1. The van der Waals surface area contributed by atoms with Crippen LogP contribution in [0.3, 0.4) is 0 Å². The molecule has 6 heteroatoms. The minimum absolute atomic E-state index is 0.00417. The van der Waals surface area contributed by atoms with E-state index in [0.717, 1.165) is 17.7 Å². The first kappa shape index (κ1) is 19.5. The van der Waals surface area contributed by atoms with Gasteiger partial charge in [0.2, 0.25) is 5.91 Å². The lowest BCUT2D eigenvalue weighted by Crippen LogP contribution is -2.34. The van der Waals surface area contributed by atoms with E-state index in [-0.39, 0.29) is 5.91 Å². The number of anilines is 1. The molecule has 0 atom stereocenters. The second kappa shape index (κ2) is 9.58. The Labute approximate surface area is 154 Å². The first-order valence-electron chi connectivity index (χ1n) is 8.46. The topological polar surface area (TPSA) is 61.9 Å². The van der Waals surface area contributed by atoms with Gasteiger partial charge in [0.1, 0.15) is 5.75 Å². The van der Waals surface area contributed by atoms with Crippen LogP contribution >= 0.6 is 0 Å². The number of amides is 2. The van der Waals surface area contributed by atoms with Crippen LogP contribution in [0, 0.1) is 0 Å². The third-order valence-electron chi connectivity index (χ3n) is 3.74. The number of rotatable bonds is 7. The Morgan fingerprint density at radius 2 is 1.62 bits per heavy atom. The molecule has 6 nitrogen and oxygen atoms in total. The Hall–Kier alpha value is -2.86. The zero-order chi connectivity index (χ0) is 18.9. The molecule has 0 saturated carbocycles. The molecule has 2 aromatic carbocycles. The van der Waals surface area contributed by atoms with Gasteiger partial charge in [-0.05, 0) is 50.3 Å². The Kier molecular flexibility index (Phi) is 7.17. The van der Waals surface area contributed by atoms with E-state index in [1.54, 1.807) is 19.2 Å². The standard InChI is InChI=1S/C20H25N3O3/c1-22(2)15-19(24)21-14-13-16-9-11-18(12-10-16)26-20(25)23(3)17-7-5-4-6-8-17/h4-12H,13-15H2,1-3H3,(H,21,24). The molecule has 26 heavy (non-hydrogen) atoms. The Bertz CT molecular complexity index is 715. The molecular weight excluding hydrogens is 330 g/mol. The van der Waals surface area contributed by atoms with Crippen molar-refractivity contribution >= 4 is 17.7 Å². The highest BCUT2D eigenvalue weighted by molar-refractivity contribution is 5.88. The molecule has 0 unspecified atom stereocenters. The molecule has 0 bridgehead atoms. The Balaban J connectivity index is 1.81. The molecule has 1 N–H and O–H groups in total. The van der Waals surface area contributed by atoms with Crippen LogP contribution in [0.1, 0.15) is 5.56 Å². The van der Waals surface area contributed by atoms with Gasteiger partial charge in [-0.1, -0.05) is 30.3 Å². The molecule has 138 valence electrons. The van der Waals surface area contributed by atoms with Gasteiger partial charge in [0.05, 0.1) is 6.54 Å². The van der Waals surface area contributed by atoms with Gasteiger partial charge in [-0.25, -0.2) is 4.79 Å².